The first kappa shape index (κ1) is 12.7. The van der Waals surface area contributed by atoms with Gasteiger partial charge in [-0.3, -0.25) is 10.1 Å². The van der Waals surface area contributed by atoms with Gasteiger partial charge in [-0.2, -0.15) is 0 Å². The molecule has 1 aromatic heterocycles. The number of primary amides is 1. The number of nitrogens with two attached hydrogens (primary N) is 1. The van der Waals surface area contributed by atoms with Crippen LogP contribution in [0.3, 0.4) is 0 Å². The van der Waals surface area contributed by atoms with E-state index in [2.05, 4.69) is 15.5 Å². The van der Waals surface area contributed by atoms with E-state index in [-0.39, 0.29) is 6.54 Å². The Morgan fingerprint density at radius 1 is 1.26 bits per heavy atom. The SMILES string of the molecule is NC(=O)NC(=O)Cn1nnnc1Cc1ccccc1. The van der Waals surface area contributed by atoms with E-state index in [1.165, 1.54) is 4.68 Å². The zero-order chi connectivity index (χ0) is 13.7. The van der Waals surface area contributed by atoms with Crippen molar-refractivity contribution in [1.82, 2.24) is 25.5 Å². The van der Waals surface area contributed by atoms with Crippen LogP contribution in [0.4, 0.5) is 4.79 Å². The molecule has 8 nitrogen and oxygen atoms in total. The monoisotopic (exact) mass is 260 g/mol. The Labute approximate surface area is 108 Å². The zero-order valence-electron chi connectivity index (χ0n) is 9.98. The van der Waals surface area contributed by atoms with Crippen LogP contribution in [0.1, 0.15) is 11.4 Å². The van der Waals surface area contributed by atoms with E-state index >= 15 is 0 Å². The Balaban J connectivity index is 2.06. The second kappa shape index (κ2) is 5.71. The minimum Gasteiger partial charge on any atom is -0.351 e. The number of urea groups is 1. The molecule has 0 bridgehead atoms. The summed E-state index contributed by atoms with van der Waals surface area (Å²) >= 11 is 0. The first-order valence-electron chi connectivity index (χ1n) is 5.53. The van der Waals surface area contributed by atoms with Gasteiger partial charge in [0.1, 0.15) is 6.54 Å². The molecule has 0 saturated carbocycles. The summed E-state index contributed by atoms with van der Waals surface area (Å²) in [6, 6.07) is 8.69. The highest BCUT2D eigenvalue weighted by atomic mass is 16.2. The fourth-order valence-corrected chi connectivity index (χ4v) is 1.56. The minimum absolute atomic E-state index is 0.155. The molecular weight excluding hydrogens is 248 g/mol. The fourth-order valence-electron chi connectivity index (χ4n) is 1.56. The maximum Gasteiger partial charge on any atom is 0.318 e. The molecular formula is C11H12N6O2. The molecule has 0 unspecified atom stereocenters. The highest BCUT2D eigenvalue weighted by Gasteiger charge is 2.11. The van der Waals surface area contributed by atoms with Crippen molar-refractivity contribution in [2.75, 3.05) is 0 Å². The van der Waals surface area contributed by atoms with Gasteiger partial charge in [0.15, 0.2) is 5.82 Å². The molecule has 0 aliphatic heterocycles. The number of rotatable bonds is 4. The Hall–Kier alpha value is -2.77. The molecule has 0 aliphatic rings. The van der Waals surface area contributed by atoms with Crippen molar-refractivity contribution < 1.29 is 9.59 Å². The molecule has 2 rings (SSSR count). The van der Waals surface area contributed by atoms with Crippen molar-refractivity contribution in [2.45, 2.75) is 13.0 Å². The Kier molecular flexibility index (Phi) is 3.81. The van der Waals surface area contributed by atoms with Crippen LogP contribution in [0.2, 0.25) is 0 Å². The van der Waals surface area contributed by atoms with Crippen molar-refractivity contribution in [3.63, 3.8) is 0 Å². The molecule has 98 valence electrons. The standard InChI is InChI=1S/C11H12N6O2/c12-11(19)13-10(18)7-17-9(14-15-16-17)6-8-4-2-1-3-5-8/h1-5H,6-7H2,(H3,12,13,18,19). The Morgan fingerprint density at radius 2 is 2.00 bits per heavy atom. The van der Waals surface area contributed by atoms with Gasteiger partial charge in [0, 0.05) is 6.42 Å². The number of imide groups is 1. The first-order chi connectivity index (χ1) is 9.15. The van der Waals surface area contributed by atoms with E-state index in [0.29, 0.717) is 12.2 Å². The van der Waals surface area contributed by atoms with Crippen LogP contribution >= 0.6 is 0 Å². The number of nitrogens with zero attached hydrogens (tertiary/aromatic N) is 4. The molecule has 0 saturated heterocycles. The lowest BCUT2D eigenvalue weighted by Gasteiger charge is -2.04. The normalized spacial score (nSPS) is 10.1. The largest absolute Gasteiger partial charge is 0.351 e. The van der Waals surface area contributed by atoms with Gasteiger partial charge in [0.2, 0.25) is 5.91 Å². The van der Waals surface area contributed by atoms with E-state index < -0.39 is 11.9 Å². The first-order valence-corrected chi connectivity index (χ1v) is 5.53. The van der Waals surface area contributed by atoms with Gasteiger partial charge in [-0.25, -0.2) is 9.48 Å². The third-order valence-electron chi connectivity index (χ3n) is 2.37. The number of benzene rings is 1. The van der Waals surface area contributed by atoms with E-state index in [1.54, 1.807) is 0 Å². The van der Waals surface area contributed by atoms with Gasteiger partial charge < -0.3 is 5.73 Å². The number of carbonyl (C=O) groups is 2. The number of tetrazole rings is 1. The van der Waals surface area contributed by atoms with Gasteiger partial charge in [0.05, 0.1) is 0 Å². The predicted octanol–water partition coefficient (Wildman–Crippen LogP) is -0.541. The number of hydrogen-bond donors (Lipinski definition) is 2. The smallest absolute Gasteiger partial charge is 0.318 e. The second-order valence-corrected chi connectivity index (χ2v) is 3.83. The third kappa shape index (κ3) is 3.60. The summed E-state index contributed by atoms with van der Waals surface area (Å²) in [6.07, 6.45) is 0.498. The molecule has 0 atom stereocenters. The van der Waals surface area contributed by atoms with Crippen molar-refractivity contribution in [3.05, 3.63) is 41.7 Å². The van der Waals surface area contributed by atoms with Crippen LogP contribution in [-0.2, 0) is 17.8 Å². The van der Waals surface area contributed by atoms with Gasteiger partial charge in [-0.1, -0.05) is 30.3 Å². The highest BCUT2D eigenvalue weighted by molar-refractivity contribution is 5.93. The average molecular weight is 260 g/mol. The summed E-state index contributed by atoms with van der Waals surface area (Å²) in [5, 5.41) is 13.0. The van der Waals surface area contributed by atoms with Crippen LogP contribution in [-0.4, -0.2) is 32.1 Å². The molecule has 1 heterocycles. The van der Waals surface area contributed by atoms with Crippen molar-refractivity contribution in [1.29, 1.82) is 0 Å². The molecule has 0 fully saturated rings. The second-order valence-electron chi connectivity index (χ2n) is 3.83. The summed E-state index contributed by atoms with van der Waals surface area (Å²) in [5.41, 5.74) is 5.87. The third-order valence-corrected chi connectivity index (χ3v) is 2.37. The van der Waals surface area contributed by atoms with E-state index in [9.17, 15) is 9.59 Å². The van der Waals surface area contributed by atoms with Crippen LogP contribution in [0.5, 0.6) is 0 Å². The summed E-state index contributed by atoms with van der Waals surface area (Å²) in [5.74, 6) is -0.0278. The summed E-state index contributed by atoms with van der Waals surface area (Å²) in [4.78, 5) is 21.9. The number of aromatic nitrogens is 4. The van der Waals surface area contributed by atoms with Crippen LogP contribution in [0, 0.1) is 0 Å². The molecule has 8 heteroatoms. The van der Waals surface area contributed by atoms with Crippen LogP contribution in [0.15, 0.2) is 30.3 Å². The van der Waals surface area contributed by atoms with Crippen molar-refractivity contribution in [2.24, 2.45) is 5.73 Å². The summed E-state index contributed by atoms with van der Waals surface area (Å²) in [6.45, 7) is -0.155. The molecule has 3 N–H and O–H groups in total. The molecule has 19 heavy (non-hydrogen) atoms. The summed E-state index contributed by atoms with van der Waals surface area (Å²) < 4.78 is 1.32. The van der Waals surface area contributed by atoms with Gasteiger partial charge in [-0.15, -0.1) is 5.10 Å². The quantitative estimate of drug-likeness (QED) is 0.765. The van der Waals surface area contributed by atoms with Crippen molar-refractivity contribution in [3.8, 4) is 0 Å². The number of hydrogen-bond acceptors (Lipinski definition) is 5. The van der Waals surface area contributed by atoms with Crippen molar-refractivity contribution >= 4 is 11.9 Å². The average Bonchev–Trinajstić information content (AvgIpc) is 2.77. The lowest BCUT2D eigenvalue weighted by molar-refractivity contribution is -0.120. The molecule has 1 aromatic carbocycles. The minimum atomic E-state index is -0.900. The number of carbonyl (C=O) groups excluding carboxylic acids is 2. The predicted molar refractivity (Wildman–Crippen MR) is 64.8 cm³/mol. The number of amides is 3. The number of nitrogens with one attached hydrogen (secondary N) is 1. The van der Waals surface area contributed by atoms with E-state index in [0.717, 1.165) is 5.56 Å². The molecule has 0 spiro atoms. The zero-order valence-corrected chi connectivity index (χ0v) is 9.98. The molecule has 2 aromatic rings. The Morgan fingerprint density at radius 3 is 2.68 bits per heavy atom. The van der Waals surface area contributed by atoms with Crippen LogP contribution < -0.4 is 11.1 Å². The van der Waals surface area contributed by atoms with E-state index in [4.69, 9.17) is 5.73 Å². The summed E-state index contributed by atoms with van der Waals surface area (Å²) in [7, 11) is 0. The highest BCUT2D eigenvalue weighted by Crippen LogP contribution is 2.05. The fraction of sp³-hybridized carbons (Fsp3) is 0.182. The molecule has 0 aliphatic carbocycles. The molecule has 3 amide bonds. The lowest BCUT2D eigenvalue weighted by Crippen LogP contribution is -2.37. The van der Waals surface area contributed by atoms with Gasteiger partial charge >= 0.3 is 6.03 Å². The Bertz CT molecular complexity index is 580. The maximum atomic E-state index is 11.4. The van der Waals surface area contributed by atoms with Gasteiger partial charge in [-0.05, 0) is 16.0 Å². The maximum absolute atomic E-state index is 11.4. The lowest BCUT2D eigenvalue weighted by atomic mass is 10.1. The van der Waals surface area contributed by atoms with E-state index in [1.807, 2.05) is 35.6 Å². The topological polar surface area (TPSA) is 116 Å². The van der Waals surface area contributed by atoms with Gasteiger partial charge in [0.25, 0.3) is 0 Å². The van der Waals surface area contributed by atoms with Crippen LogP contribution in [0.25, 0.3) is 0 Å². The molecule has 0 radical (unpaired) electrons.